The van der Waals surface area contributed by atoms with Crippen LogP contribution in [0.3, 0.4) is 0 Å². The Morgan fingerprint density at radius 2 is 2.13 bits per heavy atom. The number of ether oxygens (including phenoxy) is 1. The molecule has 0 aromatic heterocycles. The van der Waals surface area contributed by atoms with Crippen LogP contribution in [-0.4, -0.2) is 19.7 Å². The van der Waals surface area contributed by atoms with Gasteiger partial charge in [-0.3, -0.25) is 0 Å². The molecule has 15 heavy (non-hydrogen) atoms. The molecule has 3 heteroatoms. The first-order chi connectivity index (χ1) is 7.13. The van der Waals surface area contributed by atoms with Gasteiger partial charge in [-0.2, -0.15) is 0 Å². The number of hydrogen-bond acceptors (Lipinski definition) is 2. The smallest absolute Gasteiger partial charge is 0.119 e. The highest BCUT2D eigenvalue weighted by atomic mass is 79.9. The van der Waals surface area contributed by atoms with Crippen molar-refractivity contribution in [3.8, 4) is 5.75 Å². The monoisotopic (exact) mass is 271 g/mol. The van der Waals surface area contributed by atoms with E-state index in [2.05, 4.69) is 41.2 Å². The molecule has 0 aliphatic rings. The molecule has 0 atom stereocenters. The molecule has 1 rings (SSSR count). The molecule has 0 fully saturated rings. The number of rotatable bonds is 5. The molecule has 0 amide bonds. The average molecular weight is 272 g/mol. The van der Waals surface area contributed by atoms with E-state index < -0.39 is 0 Å². The van der Waals surface area contributed by atoms with Gasteiger partial charge in [0.15, 0.2) is 0 Å². The molecular weight excluding hydrogens is 254 g/mol. The van der Waals surface area contributed by atoms with Crippen molar-refractivity contribution >= 4 is 15.9 Å². The minimum absolute atomic E-state index is 0.536. The van der Waals surface area contributed by atoms with Gasteiger partial charge in [0, 0.05) is 10.5 Å². The molecule has 0 saturated carbocycles. The van der Waals surface area contributed by atoms with Crippen molar-refractivity contribution in [1.82, 2.24) is 5.32 Å². The second kappa shape index (κ2) is 6.13. The van der Waals surface area contributed by atoms with Crippen LogP contribution in [0.5, 0.6) is 5.75 Å². The van der Waals surface area contributed by atoms with Crippen molar-refractivity contribution in [2.45, 2.75) is 26.3 Å². The summed E-state index contributed by atoms with van der Waals surface area (Å²) in [6, 6.07) is 6.61. The zero-order valence-electron chi connectivity index (χ0n) is 9.51. The van der Waals surface area contributed by atoms with Crippen LogP contribution >= 0.6 is 15.9 Å². The maximum atomic E-state index is 5.20. The van der Waals surface area contributed by atoms with Gasteiger partial charge in [-0.1, -0.05) is 29.8 Å². The van der Waals surface area contributed by atoms with Gasteiger partial charge in [0.25, 0.3) is 0 Å². The highest BCUT2D eigenvalue weighted by molar-refractivity contribution is 9.10. The molecule has 2 nitrogen and oxygen atoms in total. The Hall–Kier alpha value is -0.540. The Balaban J connectivity index is 2.59. The van der Waals surface area contributed by atoms with Crippen molar-refractivity contribution in [3.63, 3.8) is 0 Å². The Morgan fingerprint density at radius 1 is 1.40 bits per heavy atom. The van der Waals surface area contributed by atoms with E-state index in [-0.39, 0.29) is 0 Å². The van der Waals surface area contributed by atoms with Crippen LogP contribution < -0.4 is 10.1 Å². The van der Waals surface area contributed by atoms with E-state index in [1.54, 1.807) is 7.11 Å². The van der Waals surface area contributed by atoms with E-state index in [1.807, 2.05) is 12.1 Å². The lowest BCUT2D eigenvalue weighted by atomic mass is 10.1. The molecule has 0 aliphatic heterocycles. The summed E-state index contributed by atoms with van der Waals surface area (Å²) in [6.45, 7) is 5.30. The van der Waals surface area contributed by atoms with Gasteiger partial charge in [-0.15, -0.1) is 0 Å². The summed E-state index contributed by atoms with van der Waals surface area (Å²) in [5.74, 6) is 0.915. The molecule has 84 valence electrons. The van der Waals surface area contributed by atoms with Crippen molar-refractivity contribution < 1.29 is 4.74 Å². The summed E-state index contributed by atoms with van der Waals surface area (Å²) >= 11 is 3.54. The first kappa shape index (κ1) is 12.5. The van der Waals surface area contributed by atoms with Crippen molar-refractivity contribution in [1.29, 1.82) is 0 Å². The van der Waals surface area contributed by atoms with Gasteiger partial charge in [-0.25, -0.2) is 0 Å². The normalized spacial score (nSPS) is 10.7. The SMILES string of the molecule is COc1ccc(Br)c(CCNC(C)C)c1. The largest absolute Gasteiger partial charge is 0.497 e. The van der Waals surface area contributed by atoms with Crippen LogP contribution in [0.4, 0.5) is 0 Å². The number of nitrogens with one attached hydrogen (secondary N) is 1. The van der Waals surface area contributed by atoms with E-state index in [9.17, 15) is 0 Å². The summed E-state index contributed by atoms with van der Waals surface area (Å²) in [5.41, 5.74) is 1.28. The van der Waals surface area contributed by atoms with E-state index in [1.165, 1.54) is 5.56 Å². The molecule has 1 N–H and O–H groups in total. The van der Waals surface area contributed by atoms with E-state index in [0.29, 0.717) is 6.04 Å². The standard InChI is InChI=1S/C12H18BrNO/c1-9(2)14-7-6-10-8-11(15-3)4-5-12(10)13/h4-5,8-9,14H,6-7H2,1-3H3. The molecule has 0 heterocycles. The maximum absolute atomic E-state index is 5.20. The topological polar surface area (TPSA) is 21.3 Å². The van der Waals surface area contributed by atoms with E-state index in [4.69, 9.17) is 4.74 Å². The lowest BCUT2D eigenvalue weighted by molar-refractivity contribution is 0.414. The van der Waals surface area contributed by atoms with E-state index >= 15 is 0 Å². The van der Waals surface area contributed by atoms with Crippen LogP contribution in [0, 0.1) is 0 Å². The van der Waals surface area contributed by atoms with E-state index in [0.717, 1.165) is 23.2 Å². The Kier molecular flexibility index (Phi) is 5.12. The van der Waals surface area contributed by atoms with Gasteiger partial charge >= 0.3 is 0 Å². The predicted molar refractivity (Wildman–Crippen MR) is 67.5 cm³/mol. The molecule has 0 spiro atoms. The summed E-state index contributed by atoms with van der Waals surface area (Å²) in [6.07, 6.45) is 1.01. The number of methoxy groups -OCH3 is 1. The van der Waals surface area contributed by atoms with Gasteiger partial charge in [0.05, 0.1) is 7.11 Å². The molecule has 1 aromatic rings. The average Bonchev–Trinajstić information content (AvgIpc) is 2.20. The molecule has 0 aliphatic carbocycles. The fourth-order valence-corrected chi connectivity index (χ4v) is 1.81. The van der Waals surface area contributed by atoms with Gasteiger partial charge in [0.2, 0.25) is 0 Å². The molecule has 0 unspecified atom stereocenters. The summed E-state index contributed by atoms with van der Waals surface area (Å²) in [5, 5.41) is 3.40. The fourth-order valence-electron chi connectivity index (χ4n) is 1.37. The van der Waals surface area contributed by atoms with Gasteiger partial charge in [-0.05, 0) is 36.7 Å². The summed E-state index contributed by atoms with van der Waals surface area (Å²) in [4.78, 5) is 0. The minimum atomic E-state index is 0.536. The van der Waals surface area contributed by atoms with Crippen LogP contribution in [-0.2, 0) is 6.42 Å². The quantitative estimate of drug-likeness (QED) is 0.889. The van der Waals surface area contributed by atoms with Crippen molar-refractivity contribution in [2.75, 3.05) is 13.7 Å². The van der Waals surface area contributed by atoms with Crippen molar-refractivity contribution in [2.24, 2.45) is 0 Å². The molecule has 0 radical (unpaired) electrons. The van der Waals surface area contributed by atoms with Crippen LogP contribution in [0.25, 0.3) is 0 Å². The first-order valence-corrected chi connectivity index (χ1v) is 5.98. The second-order valence-electron chi connectivity index (χ2n) is 3.82. The maximum Gasteiger partial charge on any atom is 0.119 e. The Labute approximate surface area is 100 Å². The number of halogens is 1. The highest BCUT2D eigenvalue weighted by Gasteiger charge is 2.02. The second-order valence-corrected chi connectivity index (χ2v) is 4.67. The van der Waals surface area contributed by atoms with Crippen LogP contribution in [0.1, 0.15) is 19.4 Å². The molecule has 0 bridgehead atoms. The fraction of sp³-hybridized carbons (Fsp3) is 0.500. The van der Waals surface area contributed by atoms with Crippen LogP contribution in [0.2, 0.25) is 0 Å². The zero-order chi connectivity index (χ0) is 11.3. The third-order valence-corrected chi connectivity index (χ3v) is 2.97. The molecular formula is C12H18BrNO. The number of benzene rings is 1. The predicted octanol–water partition coefficient (Wildman–Crippen LogP) is 3.00. The Bertz CT molecular complexity index is 312. The summed E-state index contributed by atoms with van der Waals surface area (Å²) in [7, 11) is 1.69. The van der Waals surface area contributed by atoms with Gasteiger partial charge in [0.1, 0.15) is 5.75 Å². The lowest BCUT2D eigenvalue weighted by Crippen LogP contribution is -2.25. The highest BCUT2D eigenvalue weighted by Crippen LogP contribution is 2.22. The first-order valence-electron chi connectivity index (χ1n) is 5.19. The van der Waals surface area contributed by atoms with Crippen molar-refractivity contribution in [3.05, 3.63) is 28.2 Å². The molecule has 1 aromatic carbocycles. The minimum Gasteiger partial charge on any atom is -0.497 e. The van der Waals surface area contributed by atoms with Gasteiger partial charge < -0.3 is 10.1 Å². The zero-order valence-corrected chi connectivity index (χ0v) is 11.1. The lowest BCUT2D eigenvalue weighted by Gasteiger charge is -2.10. The molecule has 0 saturated heterocycles. The van der Waals surface area contributed by atoms with Crippen LogP contribution in [0.15, 0.2) is 22.7 Å². The Morgan fingerprint density at radius 3 is 2.73 bits per heavy atom. The third-order valence-electron chi connectivity index (χ3n) is 2.20. The third kappa shape index (κ3) is 4.22. The summed E-state index contributed by atoms with van der Waals surface area (Å²) < 4.78 is 6.34. The number of hydrogen-bond donors (Lipinski definition) is 1.